The molecule has 0 unspecified atom stereocenters. The molecule has 0 N–H and O–H groups in total. The van der Waals surface area contributed by atoms with E-state index in [9.17, 15) is 4.79 Å². The average Bonchev–Trinajstić information content (AvgIpc) is 2.97. The van der Waals surface area contributed by atoms with Crippen molar-refractivity contribution in [3.63, 3.8) is 0 Å². The van der Waals surface area contributed by atoms with Crippen LogP contribution in [0.2, 0.25) is 0 Å². The van der Waals surface area contributed by atoms with Gasteiger partial charge in [-0.15, -0.1) is 10.2 Å². The molecule has 0 bridgehead atoms. The predicted molar refractivity (Wildman–Crippen MR) is 99.8 cm³/mol. The lowest BCUT2D eigenvalue weighted by Crippen LogP contribution is -2.16. The summed E-state index contributed by atoms with van der Waals surface area (Å²) in [5, 5.41) is 8.99. The smallest absolute Gasteiger partial charge is 0.191 e. The predicted octanol–water partition coefficient (Wildman–Crippen LogP) is 3.86. The van der Waals surface area contributed by atoms with E-state index < -0.39 is 0 Å². The highest BCUT2D eigenvalue weighted by atomic mass is 32.2. The van der Waals surface area contributed by atoms with Crippen LogP contribution < -0.4 is 0 Å². The van der Waals surface area contributed by atoms with Crippen molar-refractivity contribution in [2.75, 3.05) is 0 Å². The number of aryl methyl sites for hydroxylation is 2. The van der Waals surface area contributed by atoms with Crippen molar-refractivity contribution in [2.45, 2.75) is 31.2 Å². The van der Waals surface area contributed by atoms with E-state index in [2.05, 4.69) is 15.2 Å². The number of hydrogen-bond acceptors (Lipinski definition) is 5. The molecule has 2 heterocycles. The Labute approximate surface area is 151 Å². The molecule has 5 nitrogen and oxygen atoms in total. The maximum atomic E-state index is 12.8. The molecule has 1 atom stereocenters. The molecule has 6 heteroatoms. The Morgan fingerprint density at radius 2 is 1.84 bits per heavy atom. The number of carbonyl (C=O) groups is 1. The van der Waals surface area contributed by atoms with Gasteiger partial charge in [-0.25, -0.2) is 0 Å². The van der Waals surface area contributed by atoms with Gasteiger partial charge in [-0.1, -0.05) is 29.5 Å². The lowest BCUT2D eigenvalue weighted by molar-refractivity contribution is 0.0993. The molecule has 2 aromatic heterocycles. The molecule has 0 saturated carbocycles. The van der Waals surface area contributed by atoms with Crippen LogP contribution in [0.5, 0.6) is 0 Å². The van der Waals surface area contributed by atoms with Crippen molar-refractivity contribution in [1.29, 1.82) is 0 Å². The van der Waals surface area contributed by atoms with Gasteiger partial charge in [0.2, 0.25) is 0 Å². The molecular weight excluding hydrogens is 332 g/mol. The van der Waals surface area contributed by atoms with E-state index in [1.54, 1.807) is 12.4 Å². The third kappa shape index (κ3) is 3.64. The second-order valence-electron chi connectivity index (χ2n) is 6.04. The largest absolute Gasteiger partial charge is 0.305 e. The molecule has 0 aliphatic heterocycles. The van der Waals surface area contributed by atoms with E-state index in [1.807, 2.05) is 62.7 Å². The van der Waals surface area contributed by atoms with Crippen LogP contribution in [-0.2, 0) is 7.05 Å². The van der Waals surface area contributed by atoms with Gasteiger partial charge in [0.1, 0.15) is 0 Å². The minimum atomic E-state index is -0.242. The standard InChI is InChI=1S/C19H20N4OS/c1-12-5-6-13(2)16(11-12)17(24)14(3)25-19-22-21-18(23(19)4)15-7-9-20-10-8-15/h5-11,14H,1-4H3/t14-/m0/s1. The number of ketones is 1. The van der Waals surface area contributed by atoms with Crippen LogP contribution in [0.25, 0.3) is 11.4 Å². The molecule has 25 heavy (non-hydrogen) atoms. The van der Waals surface area contributed by atoms with Gasteiger partial charge in [-0.3, -0.25) is 9.78 Å². The average molecular weight is 352 g/mol. The van der Waals surface area contributed by atoms with Gasteiger partial charge < -0.3 is 4.57 Å². The fraction of sp³-hybridized carbons (Fsp3) is 0.263. The first kappa shape index (κ1) is 17.4. The molecule has 0 fully saturated rings. The number of hydrogen-bond donors (Lipinski definition) is 0. The topological polar surface area (TPSA) is 60.7 Å². The number of thioether (sulfide) groups is 1. The SMILES string of the molecule is Cc1ccc(C)c(C(=O)[C@H](C)Sc2nnc(-c3ccncc3)n2C)c1. The van der Waals surface area contributed by atoms with Crippen LogP contribution >= 0.6 is 11.8 Å². The molecule has 0 saturated heterocycles. The van der Waals surface area contributed by atoms with Gasteiger partial charge in [0.15, 0.2) is 16.8 Å². The Balaban J connectivity index is 1.82. The minimum Gasteiger partial charge on any atom is -0.305 e. The molecular formula is C19H20N4OS. The minimum absolute atomic E-state index is 0.111. The lowest BCUT2D eigenvalue weighted by Gasteiger charge is -2.12. The van der Waals surface area contributed by atoms with Crippen LogP contribution in [0.1, 0.15) is 28.4 Å². The fourth-order valence-electron chi connectivity index (χ4n) is 2.60. The number of rotatable bonds is 5. The number of aromatic nitrogens is 4. The quantitative estimate of drug-likeness (QED) is 0.515. The Bertz CT molecular complexity index is 905. The van der Waals surface area contributed by atoms with Crippen molar-refractivity contribution in [1.82, 2.24) is 19.7 Å². The van der Waals surface area contributed by atoms with Gasteiger partial charge in [0.25, 0.3) is 0 Å². The molecule has 0 radical (unpaired) electrons. The zero-order valence-electron chi connectivity index (χ0n) is 14.7. The van der Waals surface area contributed by atoms with Crippen molar-refractivity contribution in [2.24, 2.45) is 7.05 Å². The summed E-state index contributed by atoms with van der Waals surface area (Å²) >= 11 is 1.43. The fourth-order valence-corrected chi connectivity index (χ4v) is 3.48. The first-order chi connectivity index (χ1) is 12.0. The third-order valence-corrected chi connectivity index (χ3v) is 5.22. The first-order valence-corrected chi connectivity index (χ1v) is 8.93. The summed E-state index contributed by atoms with van der Waals surface area (Å²) < 4.78 is 1.91. The number of carbonyl (C=O) groups excluding carboxylic acids is 1. The van der Waals surface area contributed by atoms with Crippen LogP contribution in [-0.4, -0.2) is 30.8 Å². The van der Waals surface area contributed by atoms with Gasteiger partial charge in [-0.2, -0.15) is 0 Å². The van der Waals surface area contributed by atoms with Crippen molar-refractivity contribution in [3.05, 3.63) is 59.4 Å². The molecule has 0 amide bonds. The molecule has 0 aliphatic carbocycles. The van der Waals surface area contributed by atoms with Gasteiger partial charge >= 0.3 is 0 Å². The first-order valence-electron chi connectivity index (χ1n) is 8.05. The van der Waals surface area contributed by atoms with Crippen LogP contribution in [0.15, 0.2) is 47.9 Å². The summed E-state index contributed by atoms with van der Waals surface area (Å²) in [6.07, 6.45) is 3.45. The Hall–Kier alpha value is -2.47. The van der Waals surface area contributed by atoms with E-state index in [0.717, 1.165) is 33.2 Å². The second kappa shape index (κ2) is 7.19. The highest BCUT2D eigenvalue weighted by Gasteiger charge is 2.21. The van der Waals surface area contributed by atoms with E-state index in [0.29, 0.717) is 0 Å². The summed E-state index contributed by atoms with van der Waals surface area (Å²) in [5.41, 5.74) is 3.81. The monoisotopic (exact) mass is 352 g/mol. The summed E-state index contributed by atoms with van der Waals surface area (Å²) in [5.74, 6) is 0.871. The summed E-state index contributed by atoms with van der Waals surface area (Å²) in [4.78, 5) is 16.8. The summed E-state index contributed by atoms with van der Waals surface area (Å²) in [6.45, 7) is 5.88. The van der Waals surface area contributed by atoms with Gasteiger partial charge in [-0.05, 0) is 44.5 Å². The van der Waals surface area contributed by atoms with Crippen molar-refractivity contribution in [3.8, 4) is 11.4 Å². The molecule has 3 aromatic rings. The Kier molecular flexibility index (Phi) is 4.99. The number of Topliss-reactive ketones (excluding diaryl/α,β-unsaturated/α-hetero) is 1. The molecule has 0 aliphatic rings. The van der Waals surface area contributed by atoms with E-state index in [1.165, 1.54) is 11.8 Å². The number of pyridine rings is 1. The summed E-state index contributed by atoms with van der Waals surface area (Å²) in [7, 11) is 1.91. The van der Waals surface area contributed by atoms with E-state index in [4.69, 9.17) is 0 Å². The van der Waals surface area contributed by atoms with Crippen LogP contribution in [0.4, 0.5) is 0 Å². The normalized spacial score (nSPS) is 12.2. The zero-order chi connectivity index (χ0) is 18.0. The molecule has 3 rings (SSSR count). The number of benzene rings is 1. The third-order valence-electron chi connectivity index (χ3n) is 4.08. The van der Waals surface area contributed by atoms with Crippen LogP contribution in [0.3, 0.4) is 0 Å². The van der Waals surface area contributed by atoms with Gasteiger partial charge in [0, 0.05) is 30.6 Å². The van der Waals surface area contributed by atoms with Crippen LogP contribution in [0, 0.1) is 13.8 Å². The highest BCUT2D eigenvalue weighted by Crippen LogP contribution is 2.28. The highest BCUT2D eigenvalue weighted by molar-refractivity contribution is 8.00. The maximum Gasteiger partial charge on any atom is 0.191 e. The van der Waals surface area contributed by atoms with Crippen molar-refractivity contribution >= 4 is 17.5 Å². The maximum absolute atomic E-state index is 12.8. The summed E-state index contributed by atoms with van der Waals surface area (Å²) in [6, 6.07) is 9.75. The molecule has 0 spiro atoms. The van der Waals surface area contributed by atoms with E-state index in [-0.39, 0.29) is 11.0 Å². The van der Waals surface area contributed by atoms with Gasteiger partial charge in [0.05, 0.1) is 5.25 Å². The Morgan fingerprint density at radius 1 is 1.12 bits per heavy atom. The molecule has 1 aromatic carbocycles. The van der Waals surface area contributed by atoms with E-state index >= 15 is 0 Å². The Morgan fingerprint density at radius 3 is 2.56 bits per heavy atom. The lowest BCUT2D eigenvalue weighted by atomic mass is 10.0. The number of nitrogens with zero attached hydrogens (tertiary/aromatic N) is 4. The molecule has 128 valence electrons. The second-order valence-corrected chi connectivity index (χ2v) is 7.35. The van der Waals surface area contributed by atoms with Crippen molar-refractivity contribution < 1.29 is 4.79 Å². The zero-order valence-corrected chi connectivity index (χ0v) is 15.5.